The van der Waals surface area contributed by atoms with Crippen LogP contribution in [0.25, 0.3) is 0 Å². The summed E-state index contributed by atoms with van der Waals surface area (Å²) >= 11 is 1.42. The van der Waals surface area contributed by atoms with E-state index in [0.29, 0.717) is 31.8 Å². The quantitative estimate of drug-likeness (QED) is 0.173. The fourth-order valence-electron chi connectivity index (χ4n) is 4.82. The van der Waals surface area contributed by atoms with E-state index in [9.17, 15) is 14.4 Å². The highest BCUT2D eigenvalue weighted by Gasteiger charge is 2.52. The van der Waals surface area contributed by atoms with E-state index < -0.39 is 11.8 Å². The summed E-state index contributed by atoms with van der Waals surface area (Å²) in [6, 6.07) is 9.99. The van der Waals surface area contributed by atoms with E-state index in [1.807, 2.05) is 44.2 Å². The van der Waals surface area contributed by atoms with Gasteiger partial charge in [-0.15, -0.1) is 11.3 Å². The maximum absolute atomic E-state index is 13.6. The minimum Gasteiger partial charge on any atom is -0.494 e. The van der Waals surface area contributed by atoms with Crippen LogP contribution in [-0.4, -0.2) is 73.2 Å². The fourth-order valence-corrected chi connectivity index (χ4v) is 5.95. The van der Waals surface area contributed by atoms with Gasteiger partial charge in [-0.3, -0.25) is 19.8 Å². The molecular weight excluding hydrogens is 534 g/mol. The van der Waals surface area contributed by atoms with Crippen LogP contribution in [-0.2, 0) is 23.9 Å². The Morgan fingerprint density at radius 1 is 1.23 bits per heavy atom. The lowest BCUT2D eigenvalue weighted by Crippen LogP contribution is -2.50. The van der Waals surface area contributed by atoms with Gasteiger partial charge in [-0.1, -0.05) is 32.0 Å². The summed E-state index contributed by atoms with van der Waals surface area (Å²) in [6.45, 7) is 4.99. The van der Waals surface area contributed by atoms with Crippen molar-refractivity contribution in [2.24, 2.45) is 11.7 Å². The molecule has 216 valence electrons. The van der Waals surface area contributed by atoms with Gasteiger partial charge in [0.1, 0.15) is 17.6 Å². The molecule has 1 unspecified atom stereocenters. The molecule has 40 heavy (non-hydrogen) atoms. The van der Waals surface area contributed by atoms with Crippen LogP contribution >= 0.6 is 11.3 Å². The number of carbonyl (C=O) groups is 3. The Balaban J connectivity index is 1.34. The Bertz CT molecular complexity index is 1200. The van der Waals surface area contributed by atoms with E-state index in [1.165, 1.54) is 16.2 Å². The molecule has 3 heterocycles. The van der Waals surface area contributed by atoms with Crippen LogP contribution in [0.4, 0.5) is 0 Å². The molecule has 1 aromatic heterocycles. The van der Waals surface area contributed by atoms with E-state index in [2.05, 4.69) is 10.6 Å². The first-order chi connectivity index (χ1) is 19.2. The number of thiophene rings is 1. The number of likely N-dealkylation sites (tertiary alicyclic amines) is 1. The number of nitrogen functional groups attached to an aromatic ring is 1. The minimum absolute atomic E-state index is 0.0351. The summed E-state index contributed by atoms with van der Waals surface area (Å²) < 4.78 is 17.3. The summed E-state index contributed by atoms with van der Waals surface area (Å²) in [5, 5.41) is 15.2. The number of hydrogen-bond donors (Lipinski definition) is 4. The molecule has 2 aliphatic heterocycles. The molecule has 12 heteroatoms. The third kappa shape index (κ3) is 7.38. The number of nitrogens with zero attached hydrogens (tertiary/aromatic N) is 1. The summed E-state index contributed by atoms with van der Waals surface area (Å²) in [7, 11) is 0. The normalized spacial score (nSPS) is 18.6. The third-order valence-electron chi connectivity index (χ3n) is 6.93. The van der Waals surface area contributed by atoms with E-state index in [4.69, 9.17) is 25.4 Å². The number of benzene rings is 1. The highest BCUT2D eigenvalue weighted by molar-refractivity contribution is 7.10. The highest BCUT2D eigenvalue weighted by Crippen LogP contribution is 2.36. The lowest BCUT2D eigenvalue weighted by Gasteiger charge is -2.27. The van der Waals surface area contributed by atoms with Crippen molar-refractivity contribution in [1.29, 1.82) is 5.41 Å². The van der Waals surface area contributed by atoms with Crippen LogP contribution in [0, 0.1) is 11.3 Å². The van der Waals surface area contributed by atoms with Gasteiger partial charge < -0.3 is 35.5 Å². The first-order valence-corrected chi connectivity index (χ1v) is 14.3. The molecule has 0 saturated carbocycles. The zero-order valence-corrected chi connectivity index (χ0v) is 23.6. The van der Waals surface area contributed by atoms with Crippen LogP contribution in [0.1, 0.15) is 49.6 Å². The van der Waals surface area contributed by atoms with E-state index in [0.717, 1.165) is 10.6 Å². The molecule has 2 aromatic rings. The number of amidine groups is 1. The van der Waals surface area contributed by atoms with Crippen molar-refractivity contribution in [3.05, 3.63) is 52.2 Å². The second-order valence-electron chi connectivity index (χ2n) is 10.3. The number of carbonyl (C=O) groups excluding carboxylic acids is 3. The van der Waals surface area contributed by atoms with Crippen molar-refractivity contribution < 1.29 is 28.6 Å². The molecule has 0 aliphatic carbocycles. The van der Waals surface area contributed by atoms with Gasteiger partial charge in [-0.2, -0.15) is 0 Å². The Kier molecular flexibility index (Phi) is 9.77. The zero-order valence-electron chi connectivity index (χ0n) is 22.8. The van der Waals surface area contributed by atoms with E-state index >= 15 is 0 Å². The third-order valence-corrected chi connectivity index (χ3v) is 7.94. The molecule has 0 radical (unpaired) electrons. The number of nitrogens with two attached hydrogens (primary N) is 1. The Morgan fingerprint density at radius 2 is 1.95 bits per heavy atom. The average molecular weight is 572 g/mol. The van der Waals surface area contributed by atoms with Crippen LogP contribution in [0.15, 0.2) is 41.8 Å². The van der Waals surface area contributed by atoms with E-state index in [1.54, 1.807) is 11.4 Å². The van der Waals surface area contributed by atoms with Crippen molar-refractivity contribution >= 4 is 34.9 Å². The average Bonchev–Trinajstić information content (AvgIpc) is 3.69. The molecule has 2 saturated heterocycles. The Hall–Kier alpha value is -3.48. The molecule has 1 aromatic carbocycles. The number of nitrogens with one attached hydrogen (secondary N) is 3. The lowest BCUT2D eigenvalue weighted by molar-refractivity contribution is -0.152. The van der Waals surface area contributed by atoms with Crippen LogP contribution in [0.2, 0.25) is 0 Å². The fraction of sp³-hybridized carbons (Fsp3) is 0.500. The van der Waals surface area contributed by atoms with Crippen molar-refractivity contribution in [2.45, 2.75) is 51.0 Å². The highest BCUT2D eigenvalue weighted by atomic mass is 32.1. The molecule has 2 fully saturated rings. The predicted octanol–water partition coefficient (Wildman–Crippen LogP) is 2.16. The number of hydrogen-bond acceptors (Lipinski definition) is 8. The SMILES string of the molecule is CC(C)[C@@H](NC(=O)C1CC2(CN1C(=O)CNC(=O)CCCOc1ccccc1)OCCO2)c1cc(C(=N)N)cs1. The van der Waals surface area contributed by atoms with Crippen molar-refractivity contribution in [1.82, 2.24) is 15.5 Å². The molecule has 2 aliphatic rings. The number of rotatable bonds is 12. The second-order valence-corrected chi connectivity index (χ2v) is 11.2. The Morgan fingerprint density at radius 3 is 2.60 bits per heavy atom. The van der Waals surface area contributed by atoms with Crippen molar-refractivity contribution in [3.8, 4) is 5.75 Å². The largest absolute Gasteiger partial charge is 0.494 e. The van der Waals surface area contributed by atoms with Crippen LogP contribution < -0.4 is 21.1 Å². The topological polar surface area (TPSA) is 156 Å². The second kappa shape index (κ2) is 13.2. The number of ether oxygens (including phenoxy) is 3. The number of para-hydroxylation sites is 1. The van der Waals surface area contributed by atoms with Gasteiger partial charge in [0.2, 0.25) is 17.7 Å². The smallest absolute Gasteiger partial charge is 0.243 e. The van der Waals surface area contributed by atoms with Gasteiger partial charge in [0.25, 0.3) is 0 Å². The zero-order chi connectivity index (χ0) is 28.7. The summed E-state index contributed by atoms with van der Waals surface area (Å²) in [6.07, 6.45) is 0.904. The molecule has 11 nitrogen and oxygen atoms in total. The predicted molar refractivity (Wildman–Crippen MR) is 150 cm³/mol. The maximum Gasteiger partial charge on any atom is 0.243 e. The van der Waals surface area contributed by atoms with Gasteiger partial charge in [-0.05, 0) is 30.5 Å². The summed E-state index contributed by atoms with van der Waals surface area (Å²) in [4.78, 5) is 41.5. The molecule has 3 amide bonds. The lowest BCUT2D eigenvalue weighted by atomic mass is 10.0. The van der Waals surface area contributed by atoms with Crippen molar-refractivity contribution in [3.63, 3.8) is 0 Å². The molecule has 1 spiro atoms. The van der Waals surface area contributed by atoms with Gasteiger partial charge in [-0.25, -0.2) is 0 Å². The molecule has 2 atom stereocenters. The first-order valence-electron chi connectivity index (χ1n) is 13.4. The number of amides is 3. The van der Waals surface area contributed by atoms with Gasteiger partial charge in [0.15, 0.2) is 5.79 Å². The maximum atomic E-state index is 13.6. The van der Waals surface area contributed by atoms with Gasteiger partial charge in [0, 0.05) is 28.7 Å². The van der Waals surface area contributed by atoms with Crippen LogP contribution in [0.3, 0.4) is 0 Å². The minimum atomic E-state index is -1.03. The van der Waals surface area contributed by atoms with Crippen LogP contribution in [0.5, 0.6) is 5.75 Å². The summed E-state index contributed by atoms with van der Waals surface area (Å²) in [5.74, 6) is -1.27. The van der Waals surface area contributed by atoms with Gasteiger partial charge in [0.05, 0.1) is 39.0 Å². The monoisotopic (exact) mass is 571 g/mol. The van der Waals surface area contributed by atoms with Crippen molar-refractivity contribution in [2.75, 3.05) is 32.9 Å². The van der Waals surface area contributed by atoms with Gasteiger partial charge >= 0.3 is 0 Å². The molecule has 4 rings (SSSR count). The standard InChI is InChI=1S/C28H37N5O6S/c1-18(2)25(22-13-19(16-40-22)26(29)30)32-27(36)21-14-28(38-11-12-39-28)17-33(21)24(35)15-31-23(34)9-6-10-37-20-7-4-3-5-8-20/h3-5,7-8,13,16,18,21,25H,6,9-12,14-15,17H2,1-2H3,(H3,29,30)(H,31,34)(H,32,36)/t21?,25-/m1/s1. The Labute approximate surface area is 237 Å². The summed E-state index contributed by atoms with van der Waals surface area (Å²) in [5.41, 5.74) is 6.23. The molecule has 5 N–H and O–H groups in total. The molecular formula is C28H37N5O6S. The first kappa shape index (κ1) is 29.5. The molecule has 0 bridgehead atoms. The van der Waals surface area contributed by atoms with E-state index in [-0.39, 0.29) is 61.4 Å².